The van der Waals surface area contributed by atoms with Crippen molar-refractivity contribution in [3.63, 3.8) is 0 Å². The maximum atomic E-state index is 12.9. The van der Waals surface area contributed by atoms with Crippen LogP contribution in [0.5, 0.6) is 0 Å². The number of nitrogens with one attached hydrogen (secondary N) is 1. The molecule has 0 unspecified atom stereocenters. The summed E-state index contributed by atoms with van der Waals surface area (Å²) >= 11 is 0. The van der Waals surface area contributed by atoms with Crippen molar-refractivity contribution in [1.29, 1.82) is 0 Å². The maximum Gasteiger partial charge on any atom is 0.331 e. The normalized spacial score (nSPS) is 15.9. The number of hydrogen-bond acceptors (Lipinski definition) is 5. The third kappa shape index (κ3) is 3.36. The minimum atomic E-state index is -0.769. The summed E-state index contributed by atoms with van der Waals surface area (Å²) in [5.41, 5.74) is 3.24. The zero-order valence-corrected chi connectivity index (χ0v) is 15.9. The Morgan fingerprint density at radius 1 is 1.17 bits per heavy atom. The summed E-state index contributed by atoms with van der Waals surface area (Å²) in [6.45, 7) is 3.76. The Morgan fingerprint density at radius 2 is 2.00 bits per heavy atom. The number of carbonyl (C=O) groups excluding carboxylic acids is 3. The molecule has 1 aliphatic rings. The van der Waals surface area contributed by atoms with Crippen molar-refractivity contribution in [2.24, 2.45) is 0 Å². The van der Waals surface area contributed by atoms with E-state index in [-0.39, 0.29) is 12.1 Å². The quantitative estimate of drug-likeness (QED) is 0.546. The third-order valence-corrected chi connectivity index (χ3v) is 4.75. The number of nitrogens with zero attached hydrogens (tertiary/aromatic N) is 3. The van der Waals surface area contributed by atoms with Gasteiger partial charge in [0.2, 0.25) is 0 Å². The number of carbonyl (C=O) groups is 3. The molecule has 146 valence electrons. The van der Waals surface area contributed by atoms with Crippen LogP contribution in [-0.2, 0) is 16.1 Å². The Bertz CT molecular complexity index is 1130. The summed E-state index contributed by atoms with van der Waals surface area (Å²) in [6, 6.07) is 8.19. The molecule has 8 heteroatoms. The minimum absolute atomic E-state index is 0.0585. The molecule has 3 aromatic rings. The molecule has 1 aliphatic heterocycles. The molecule has 8 nitrogen and oxygen atoms in total. The van der Waals surface area contributed by atoms with Crippen molar-refractivity contribution in [2.75, 3.05) is 0 Å². The van der Waals surface area contributed by atoms with Crippen LogP contribution in [0.15, 0.2) is 59.0 Å². The van der Waals surface area contributed by atoms with Crippen molar-refractivity contribution in [2.45, 2.75) is 20.4 Å². The maximum absolute atomic E-state index is 12.9. The van der Waals surface area contributed by atoms with Gasteiger partial charge in [-0.05, 0) is 55.8 Å². The van der Waals surface area contributed by atoms with E-state index in [1.807, 2.05) is 36.6 Å². The van der Waals surface area contributed by atoms with Gasteiger partial charge in [-0.1, -0.05) is 0 Å². The molecule has 0 bridgehead atoms. The lowest BCUT2D eigenvalue weighted by Crippen LogP contribution is -2.53. The Labute approximate surface area is 166 Å². The van der Waals surface area contributed by atoms with E-state index in [2.05, 4.69) is 10.3 Å². The van der Waals surface area contributed by atoms with Crippen molar-refractivity contribution in [3.8, 4) is 5.69 Å². The second-order valence-electron chi connectivity index (χ2n) is 6.66. The van der Waals surface area contributed by atoms with Gasteiger partial charge >= 0.3 is 6.03 Å². The summed E-state index contributed by atoms with van der Waals surface area (Å²) in [5.74, 6) is -0.944. The first-order valence-corrected chi connectivity index (χ1v) is 8.96. The molecule has 1 N–H and O–H groups in total. The van der Waals surface area contributed by atoms with Gasteiger partial charge in [-0.2, -0.15) is 0 Å². The van der Waals surface area contributed by atoms with Gasteiger partial charge < -0.3 is 8.98 Å². The second kappa shape index (κ2) is 7.23. The summed E-state index contributed by atoms with van der Waals surface area (Å²) in [4.78, 5) is 42.5. The summed E-state index contributed by atoms with van der Waals surface area (Å²) in [5, 5.41) is 2.22. The molecule has 0 atom stereocenters. The van der Waals surface area contributed by atoms with Crippen LogP contribution >= 0.6 is 0 Å². The summed E-state index contributed by atoms with van der Waals surface area (Å²) in [7, 11) is 0. The SMILES string of the molecule is Cc1cc(/C=C2\C(=O)NC(=O)N(Cc3ccco3)C2=O)c(C)n1-c1cccnc1. The molecule has 4 heterocycles. The number of imide groups is 2. The average molecular weight is 390 g/mol. The van der Waals surface area contributed by atoms with Crippen LogP contribution in [0.2, 0.25) is 0 Å². The standard InChI is InChI=1S/C21H18N4O4/c1-13-9-15(14(2)25(13)16-5-3-7-22-11-16)10-18-19(26)23-21(28)24(20(18)27)12-17-6-4-8-29-17/h3-11H,12H2,1-2H3,(H,23,26,28)/b18-10+. The lowest BCUT2D eigenvalue weighted by Gasteiger charge is -2.25. The monoisotopic (exact) mass is 390 g/mol. The van der Waals surface area contributed by atoms with E-state index in [1.165, 1.54) is 12.3 Å². The van der Waals surface area contributed by atoms with E-state index in [9.17, 15) is 14.4 Å². The fraction of sp³-hybridized carbons (Fsp3) is 0.143. The van der Waals surface area contributed by atoms with Crippen molar-refractivity contribution in [1.82, 2.24) is 19.8 Å². The first-order valence-electron chi connectivity index (χ1n) is 8.96. The molecule has 0 saturated carbocycles. The molecule has 4 rings (SSSR count). The minimum Gasteiger partial charge on any atom is -0.467 e. The lowest BCUT2D eigenvalue weighted by atomic mass is 10.1. The zero-order chi connectivity index (χ0) is 20.5. The van der Waals surface area contributed by atoms with Gasteiger partial charge in [0, 0.05) is 17.6 Å². The first kappa shape index (κ1) is 18.4. The van der Waals surface area contributed by atoms with Crippen LogP contribution in [0.4, 0.5) is 4.79 Å². The Hall–Kier alpha value is -3.94. The predicted molar refractivity (Wildman–Crippen MR) is 104 cm³/mol. The van der Waals surface area contributed by atoms with Gasteiger partial charge in [-0.3, -0.25) is 24.8 Å². The van der Waals surface area contributed by atoms with Crippen LogP contribution in [-0.4, -0.2) is 32.3 Å². The molecule has 0 radical (unpaired) electrons. The molecule has 0 aromatic carbocycles. The van der Waals surface area contributed by atoms with Crippen LogP contribution < -0.4 is 5.32 Å². The first-order chi connectivity index (χ1) is 14.0. The van der Waals surface area contributed by atoms with E-state index in [1.54, 1.807) is 24.5 Å². The molecule has 29 heavy (non-hydrogen) atoms. The Morgan fingerprint density at radius 3 is 2.69 bits per heavy atom. The van der Waals surface area contributed by atoms with Gasteiger partial charge in [0.15, 0.2) is 0 Å². The highest BCUT2D eigenvalue weighted by atomic mass is 16.3. The third-order valence-electron chi connectivity index (χ3n) is 4.75. The molecular weight excluding hydrogens is 372 g/mol. The fourth-order valence-corrected chi connectivity index (χ4v) is 3.37. The number of amides is 4. The van der Waals surface area contributed by atoms with Crippen molar-refractivity contribution >= 4 is 23.9 Å². The molecule has 0 aliphatic carbocycles. The van der Waals surface area contributed by atoms with Crippen LogP contribution in [0.1, 0.15) is 22.7 Å². The topological polar surface area (TPSA) is 97.4 Å². The molecule has 0 spiro atoms. The second-order valence-corrected chi connectivity index (χ2v) is 6.66. The van der Waals surface area contributed by atoms with Gasteiger partial charge in [-0.15, -0.1) is 0 Å². The van der Waals surface area contributed by atoms with E-state index in [4.69, 9.17) is 4.42 Å². The van der Waals surface area contributed by atoms with Crippen LogP contribution in [0.25, 0.3) is 11.8 Å². The highest BCUT2D eigenvalue weighted by Gasteiger charge is 2.36. The molecule has 1 fully saturated rings. The molecule has 1 saturated heterocycles. The number of barbiturate groups is 1. The van der Waals surface area contributed by atoms with Gasteiger partial charge in [0.05, 0.1) is 24.7 Å². The number of urea groups is 1. The largest absolute Gasteiger partial charge is 0.467 e. The average Bonchev–Trinajstić information content (AvgIpc) is 3.30. The van der Waals surface area contributed by atoms with Gasteiger partial charge in [-0.25, -0.2) is 4.79 Å². The highest BCUT2D eigenvalue weighted by molar-refractivity contribution is 6.31. The highest BCUT2D eigenvalue weighted by Crippen LogP contribution is 2.24. The van der Waals surface area contributed by atoms with Crippen LogP contribution in [0, 0.1) is 13.8 Å². The van der Waals surface area contributed by atoms with Crippen LogP contribution in [0.3, 0.4) is 0 Å². The number of furan rings is 1. The fourth-order valence-electron chi connectivity index (χ4n) is 3.37. The van der Waals surface area contributed by atoms with Gasteiger partial charge in [0.25, 0.3) is 11.8 Å². The Kier molecular flexibility index (Phi) is 4.59. The summed E-state index contributed by atoms with van der Waals surface area (Å²) in [6.07, 6.45) is 6.39. The number of hydrogen-bond donors (Lipinski definition) is 1. The van der Waals surface area contributed by atoms with E-state index < -0.39 is 17.8 Å². The van der Waals surface area contributed by atoms with E-state index in [0.29, 0.717) is 11.3 Å². The molecular formula is C21H18N4O4. The number of aryl methyl sites for hydroxylation is 1. The molecule has 3 aromatic heterocycles. The number of rotatable bonds is 4. The number of aromatic nitrogens is 2. The van der Waals surface area contributed by atoms with Gasteiger partial charge in [0.1, 0.15) is 11.3 Å². The predicted octanol–water partition coefficient (Wildman–Crippen LogP) is 2.74. The van der Waals surface area contributed by atoms with Crippen molar-refractivity contribution in [3.05, 3.63) is 77.3 Å². The van der Waals surface area contributed by atoms with E-state index in [0.717, 1.165) is 22.0 Å². The van der Waals surface area contributed by atoms with Crippen molar-refractivity contribution < 1.29 is 18.8 Å². The zero-order valence-electron chi connectivity index (χ0n) is 15.9. The summed E-state index contributed by atoms with van der Waals surface area (Å²) < 4.78 is 7.20. The van der Waals surface area contributed by atoms with E-state index >= 15 is 0 Å². The Balaban J connectivity index is 1.71. The molecule has 4 amide bonds. The lowest BCUT2D eigenvalue weighted by molar-refractivity contribution is -0.130. The number of pyridine rings is 1. The smallest absolute Gasteiger partial charge is 0.331 e.